The predicted molar refractivity (Wildman–Crippen MR) is 39.8 cm³/mol. The number of Topliss-reactive ketones (excluding diaryl/α,β-unsaturated/α-hetero) is 1. The number of rotatable bonds is 0. The molecule has 2 unspecified atom stereocenters. The number of hydrogen-bond acceptors (Lipinski definition) is 1. The van der Waals surface area contributed by atoms with Gasteiger partial charge in [0.25, 0.3) is 0 Å². The van der Waals surface area contributed by atoms with Gasteiger partial charge < -0.3 is 0 Å². The van der Waals surface area contributed by atoms with Crippen molar-refractivity contribution < 1.29 is 4.79 Å². The Hall–Kier alpha value is -0.300. The Bertz CT molecular complexity index is 207. The van der Waals surface area contributed by atoms with Crippen molar-refractivity contribution in [2.24, 2.45) is 11.8 Å². The first-order valence-electron chi connectivity index (χ1n) is 3.69. The Labute approximate surface area is 65.1 Å². The number of ketones is 1. The lowest BCUT2D eigenvalue weighted by atomic mass is 9.94. The van der Waals surface area contributed by atoms with Crippen molar-refractivity contribution in [2.45, 2.75) is 19.3 Å². The van der Waals surface area contributed by atoms with Crippen LogP contribution in [0.3, 0.4) is 0 Å². The first kappa shape index (κ1) is 6.41. The second-order valence-corrected chi connectivity index (χ2v) is 3.56. The van der Waals surface area contributed by atoms with Crippen LogP contribution in [0.1, 0.15) is 19.3 Å². The maximum Gasteiger partial charge on any atom is 0.176 e. The van der Waals surface area contributed by atoms with Gasteiger partial charge in [-0.3, -0.25) is 4.79 Å². The molecule has 1 nitrogen and oxygen atoms in total. The maximum absolute atomic E-state index is 11.2. The second kappa shape index (κ2) is 2.09. The summed E-state index contributed by atoms with van der Waals surface area (Å²) in [5.74, 6) is 1.05. The Balaban J connectivity index is 2.33. The van der Waals surface area contributed by atoms with Gasteiger partial charge in [0.05, 0.1) is 5.03 Å². The van der Waals surface area contributed by atoms with Crippen molar-refractivity contribution >= 4 is 17.4 Å². The van der Waals surface area contributed by atoms with Crippen LogP contribution in [-0.2, 0) is 4.79 Å². The molecule has 2 rings (SSSR count). The van der Waals surface area contributed by atoms with Crippen molar-refractivity contribution in [1.29, 1.82) is 0 Å². The summed E-state index contributed by atoms with van der Waals surface area (Å²) >= 11 is 5.71. The summed E-state index contributed by atoms with van der Waals surface area (Å²) < 4.78 is 0. The van der Waals surface area contributed by atoms with E-state index in [1.54, 1.807) is 0 Å². The molecule has 0 aliphatic heterocycles. The highest BCUT2D eigenvalue weighted by molar-refractivity contribution is 6.43. The van der Waals surface area contributed by atoms with E-state index in [0.29, 0.717) is 11.0 Å². The molecule has 2 aliphatic carbocycles. The number of fused-ring (bicyclic) bond motifs is 2. The van der Waals surface area contributed by atoms with Gasteiger partial charge >= 0.3 is 0 Å². The quantitative estimate of drug-likeness (QED) is 0.525. The van der Waals surface area contributed by atoms with Crippen molar-refractivity contribution in [3.05, 3.63) is 11.1 Å². The molecule has 2 atom stereocenters. The normalized spacial score (nSPS) is 38.1. The number of hydrogen-bond donors (Lipinski definition) is 0. The van der Waals surface area contributed by atoms with Gasteiger partial charge in [0, 0.05) is 5.92 Å². The van der Waals surface area contributed by atoms with E-state index in [1.807, 2.05) is 6.08 Å². The van der Waals surface area contributed by atoms with Crippen LogP contribution in [0, 0.1) is 11.8 Å². The second-order valence-electron chi connectivity index (χ2n) is 3.15. The zero-order valence-corrected chi connectivity index (χ0v) is 6.40. The molecule has 0 spiro atoms. The zero-order chi connectivity index (χ0) is 7.14. The van der Waals surface area contributed by atoms with Crippen LogP contribution < -0.4 is 0 Å². The van der Waals surface area contributed by atoms with E-state index in [9.17, 15) is 4.79 Å². The first-order chi connectivity index (χ1) is 4.77. The number of carbonyl (C=O) groups is 1. The molecule has 0 aromatic heterocycles. The highest BCUT2D eigenvalue weighted by atomic mass is 35.5. The molecule has 2 heteroatoms. The van der Waals surface area contributed by atoms with Crippen LogP contribution in [0.4, 0.5) is 0 Å². The van der Waals surface area contributed by atoms with Gasteiger partial charge in [0.1, 0.15) is 0 Å². The minimum Gasteiger partial charge on any atom is -0.293 e. The molecule has 1 fully saturated rings. The molecule has 0 N–H and O–H groups in total. The average Bonchev–Trinajstić information content (AvgIpc) is 2.29. The first-order valence-corrected chi connectivity index (χ1v) is 4.06. The summed E-state index contributed by atoms with van der Waals surface area (Å²) in [5.41, 5.74) is 0. The molecule has 2 bridgehead atoms. The van der Waals surface area contributed by atoms with Crippen molar-refractivity contribution in [2.75, 3.05) is 0 Å². The molecule has 0 heterocycles. The highest BCUT2D eigenvalue weighted by Crippen LogP contribution is 2.39. The van der Waals surface area contributed by atoms with Crippen molar-refractivity contribution in [1.82, 2.24) is 0 Å². The lowest BCUT2D eigenvalue weighted by Crippen LogP contribution is -2.15. The van der Waals surface area contributed by atoms with Crippen molar-refractivity contribution in [3.63, 3.8) is 0 Å². The van der Waals surface area contributed by atoms with Gasteiger partial charge in [0.15, 0.2) is 5.78 Å². The predicted octanol–water partition coefficient (Wildman–Crippen LogP) is 2.11. The molecule has 0 radical (unpaired) electrons. The van der Waals surface area contributed by atoms with Gasteiger partial charge in [-0.15, -0.1) is 0 Å². The fraction of sp³-hybridized carbons (Fsp3) is 0.625. The third-order valence-electron chi connectivity index (χ3n) is 2.46. The molecule has 10 heavy (non-hydrogen) atoms. The largest absolute Gasteiger partial charge is 0.293 e. The smallest absolute Gasteiger partial charge is 0.176 e. The van der Waals surface area contributed by atoms with E-state index in [-0.39, 0.29) is 11.7 Å². The molecule has 0 amide bonds. The summed E-state index contributed by atoms with van der Waals surface area (Å²) in [6.07, 6.45) is 5.19. The Morgan fingerprint density at radius 2 is 2.30 bits per heavy atom. The minimum absolute atomic E-state index is 0.176. The molecule has 0 saturated heterocycles. The molecule has 1 saturated carbocycles. The van der Waals surface area contributed by atoms with E-state index in [0.717, 1.165) is 19.3 Å². The van der Waals surface area contributed by atoms with Gasteiger partial charge in [-0.1, -0.05) is 17.7 Å². The summed E-state index contributed by atoms with van der Waals surface area (Å²) in [4.78, 5) is 11.2. The fourth-order valence-corrected chi connectivity index (χ4v) is 2.22. The number of allylic oxidation sites excluding steroid dienone is 2. The summed E-state index contributed by atoms with van der Waals surface area (Å²) in [6, 6.07) is 0. The minimum atomic E-state index is 0.176. The molecule has 54 valence electrons. The van der Waals surface area contributed by atoms with E-state index in [4.69, 9.17) is 11.6 Å². The summed E-state index contributed by atoms with van der Waals surface area (Å²) in [7, 11) is 0. The Morgan fingerprint density at radius 3 is 3.10 bits per heavy atom. The molecule has 0 aromatic carbocycles. The van der Waals surface area contributed by atoms with Gasteiger partial charge in [0.2, 0.25) is 0 Å². The van der Waals surface area contributed by atoms with E-state index >= 15 is 0 Å². The van der Waals surface area contributed by atoms with Crippen molar-refractivity contribution in [3.8, 4) is 0 Å². The van der Waals surface area contributed by atoms with Crippen LogP contribution in [0.2, 0.25) is 0 Å². The van der Waals surface area contributed by atoms with Crippen LogP contribution in [0.15, 0.2) is 11.1 Å². The fourth-order valence-electron chi connectivity index (χ4n) is 1.89. The standard InChI is InChI=1S/C8H9ClO/c9-7-4-5-1-2-6(3-5)8(7)10/h4-6H,1-3H2. The van der Waals surface area contributed by atoms with Gasteiger partial charge in [-0.2, -0.15) is 0 Å². The SMILES string of the molecule is O=C1C(Cl)=CC2CCC1C2. The summed E-state index contributed by atoms with van der Waals surface area (Å²) in [6.45, 7) is 0. The number of halogens is 1. The Morgan fingerprint density at radius 1 is 1.50 bits per heavy atom. The van der Waals surface area contributed by atoms with Gasteiger partial charge in [-0.05, 0) is 25.2 Å². The van der Waals surface area contributed by atoms with Crippen LogP contribution in [-0.4, -0.2) is 5.78 Å². The van der Waals surface area contributed by atoms with Crippen LogP contribution >= 0.6 is 11.6 Å². The molecule has 2 aliphatic rings. The van der Waals surface area contributed by atoms with E-state index < -0.39 is 0 Å². The van der Waals surface area contributed by atoms with E-state index in [1.165, 1.54) is 0 Å². The zero-order valence-electron chi connectivity index (χ0n) is 5.64. The maximum atomic E-state index is 11.2. The lowest BCUT2D eigenvalue weighted by Gasteiger charge is -2.12. The highest BCUT2D eigenvalue weighted by Gasteiger charge is 2.34. The monoisotopic (exact) mass is 156 g/mol. The Kier molecular flexibility index (Phi) is 1.34. The van der Waals surface area contributed by atoms with Crippen LogP contribution in [0.5, 0.6) is 0 Å². The topological polar surface area (TPSA) is 17.1 Å². The molecular weight excluding hydrogens is 148 g/mol. The molecule has 0 aromatic rings. The lowest BCUT2D eigenvalue weighted by molar-refractivity contribution is -0.118. The molecular formula is C8H9ClO. The third-order valence-corrected chi connectivity index (χ3v) is 2.77. The third kappa shape index (κ3) is 0.807. The van der Waals surface area contributed by atoms with E-state index in [2.05, 4.69) is 0 Å². The van der Waals surface area contributed by atoms with Crippen LogP contribution in [0.25, 0.3) is 0 Å². The summed E-state index contributed by atoms with van der Waals surface area (Å²) in [5, 5.41) is 0.485. The number of carbonyl (C=O) groups excluding carboxylic acids is 1. The average molecular weight is 157 g/mol. The van der Waals surface area contributed by atoms with Gasteiger partial charge in [-0.25, -0.2) is 0 Å².